The maximum Gasteiger partial charge on any atom is 0.425 e. The molecule has 208 valence electrons. The van der Waals surface area contributed by atoms with Gasteiger partial charge in [-0.25, -0.2) is 19.3 Å². The van der Waals surface area contributed by atoms with Crippen LogP contribution in [0.5, 0.6) is 5.88 Å². The molecule has 1 aliphatic heterocycles. The lowest BCUT2D eigenvalue weighted by atomic mass is 9.81. The van der Waals surface area contributed by atoms with Crippen molar-refractivity contribution in [2.24, 2.45) is 0 Å². The van der Waals surface area contributed by atoms with Gasteiger partial charge in [0.1, 0.15) is 11.5 Å². The highest BCUT2D eigenvalue weighted by molar-refractivity contribution is 5.78. The average Bonchev–Trinajstić information content (AvgIpc) is 3.07. The molecule has 1 atom stereocenters. The van der Waals surface area contributed by atoms with Crippen LogP contribution in [0, 0.1) is 6.92 Å². The Balaban J connectivity index is 1.20. The number of aryl methyl sites for hydroxylation is 1. The molecule has 3 heterocycles. The Kier molecular flexibility index (Phi) is 8.85. The first-order valence-corrected chi connectivity index (χ1v) is 13.2. The second-order valence-corrected chi connectivity index (χ2v) is 10.5. The van der Waals surface area contributed by atoms with E-state index in [9.17, 15) is 18.0 Å². The fraction of sp³-hybridized carbons (Fsp3) is 0.630. The summed E-state index contributed by atoms with van der Waals surface area (Å²) in [6.45, 7) is 4.75. The summed E-state index contributed by atoms with van der Waals surface area (Å²) < 4.78 is 59.0. The van der Waals surface area contributed by atoms with Crippen molar-refractivity contribution in [1.82, 2.24) is 25.2 Å². The maximum absolute atomic E-state index is 15.6. The molecule has 0 aromatic carbocycles. The van der Waals surface area contributed by atoms with E-state index in [0.717, 1.165) is 30.3 Å². The number of ether oxygens (including phenoxy) is 1. The van der Waals surface area contributed by atoms with Crippen molar-refractivity contribution in [3.63, 3.8) is 0 Å². The minimum absolute atomic E-state index is 0.0270. The summed E-state index contributed by atoms with van der Waals surface area (Å²) in [7, 11) is 0. The van der Waals surface area contributed by atoms with Gasteiger partial charge in [0, 0.05) is 56.3 Å². The molecule has 1 unspecified atom stereocenters. The number of pyridine rings is 1. The first-order valence-electron chi connectivity index (χ1n) is 13.2. The Hall–Kier alpha value is -2.82. The molecule has 1 saturated carbocycles. The van der Waals surface area contributed by atoms with Crippen molar-refractivity contribution in [2.45, 2.75) is 89.2 Å². The zero-order chi connectivity index (χ0) is 27.3. The number of hydrogen-bond acceptors (Lipinski definition) is 6. The monoisotopic (exact) mass is 537 g/mol. The van der Waals surface area contributed by atoms with Crippen LogP contribution in [-0.4, -0.2) is 69.4 Å². The van der Waals surface area contributed by atoms with E-state index in [-0.39, 0.29) is 24.2 Å². The number of hydrogen-bond donors (Lipinski definition) is 1. The topological polar surface area (TPSA) is 80.2 Å². The molecule has 0 spiro atoms. The second kappa shape index (κ2) is 11.9. The van der Waals surface area contributed by atoms with Crippen LogP contribution in [0.1, 0.15) is 61.7 Å². The van der Waals surface area contributed by atoms with E-state index >= 15 is 4.39 Å². The fourth-order valence-corrected chi connectivity index (χ4v) is 5.01. The third kappa shape index (κ3) is 7.85. The molecule has 1 fully saturated rings. The molecule has 1 aliphatic carbocycles. The molecular weight excluding hydrogens is 502 g/mol. The van der Waals surface area contributed by atoms with Gasteiger partial charge in [-0.1, -0.05) is 6.07 Å². The second-order valence-electron chi connectivity index (χ2n) is 10.5. The summed E-state index contributed by atoms with van der Waals surface area (Å²) in [5.41, 5.74) is 1.21. The van der Waals surface area contributed by atoms with Crippen molar-refractivity contribution in [3.05, 3.63) is 47.2 Å². The molecule has 2 aromatic heterocycles. The molecular formula is C27H35F4N5O2. The van der Waals surface area contributed by atoms with Crippen LogP contribution in [0.25, 0.3) is 0 Å². The van der Waals surface area contributed by atoms with Crippen molar-refractivity contribution < 1.29 is 27.1 Å². The van der Waals surface area contributed by atoms with Crippen LogP contribution < -0.4 is 10.1 Å². The largest absolute Gasteiger partial charge is 0.465 e. The van der Waals surface area contributed by atoms with E-state index in [4.69, 9.17) is 4.74 Å². The van der Waals surface area contributed by atoms with Crippen molar-refractivity contribution in [3.8, 4) is 5.88 Å². The zero-order valence-electron chi connectivity index (χ0n) is 21.9. The van der Waals surface area contributed by atoms with Crippen LogP contribution in [-0.2, 0) is 24.1 Å². The third-order valence-electron chi connectivity index (χ3n) is 7.49. The minimum Gasteiger partial charge on any atom is -0.465 e. The summed E-state index contributed by atoms with van der Waals surface area (Å²) in [6.07, 6.45) is 0.817. The zero-order valence-corrected chi connectivity index (χ0v) is 21.9. The molecule has 2 aliphatic rings. The lowest BCUT2D eigenvalue weighted by molar-refractivity contribution is -0.190. The normalized spacial score (nSPS) is 23.3. The molecule has 4 rings (SSSR count). The average molecular weight is 538 g/mol. The Morgan fingerprint density at radius 3 is 2.55 bits per heavy atom. The lowest BCUT2D eigenvalue weighted by Crippen LogP contribution is -2.43. The smallest absolute Gasteiger partial charge is 0.425 e. The van der Waals surface area contributed by atoms with Crippen molar-refractivity contribution >= 4 is 5.91 Å². The number of carbonyl (C=O) groups excluding carboxylic acids is 1. The van der Waals surface area contributed by atoms with E-state index in [2.05, 4.69) is 25.2 Å². The Bertz CT molecular complexity index is 1090. The highest BCUT2D eigenvalue weighted by atomic mass is 19.4. The van der Waals surface area contributed by atoms with Crippen LogP contribution in [0.2, 0.25) is 0 Å². The van der Waals surface area contributed by atoms with Gasteiger partial charge in [-0.15, -0.1) is 0 Å². The Morgan fingerprint density at radius 1 is 1.18 bits per heavy atom. The van der Waals surface area contributed by atoms with Crippen LogP contribution in [0.4, 0.5) is 17.6 Å². The first-order chi connectivity index (χ1) is 18.0. The lowest BCUT2D eigenvalue weighted by Gasteiger charge is -2.35. The van der Waals surface area contributed by atoms with Crippen molar-refractivity contribution in [1.29, 1.82) is 0 Å². The number of nitrogens with zero attached hydrogens (tertiary/aromatic N) is 4. The first kappa shape index (κ1) is 28.2. The molecule has 2 aromatic rings. The molecule has 0 bridgehead atoms. The summed E-state index contributed by atoms with van der Waals surface area (Å²) in [5, 5.41) is 3.02. The maximum atomic E-state index is 15.6. The molecule has 1 amide bonds. The van der Waals surface area contributed by atoms with E-state index in [1.807, 2.05) is 0 Å². The van der Waals surface area contributed by atoms with E-state index in [1.165, 1.54) is 6.07 Å². The van der Waals surface area contributed by atoms with Crippen LogP contribution in [0.3, 0.4) is 0 Å². The number of amides is 1. The number of alkyl halides is 4. The predicted molar refractivity (Wildman–Crippen MR) is 134 cm³/mol. The number of aromatic nitrogens is 3. The van der Waals surface area contributed by atoms with Gasteiger partial charge in [-0.05, 0) is 63.5 Å². The van der Waals surface area contributed by atoms with Gasteiger partial charge >= 0.3 is 6.18 Å². The number of nitrogens with one attached hydrogen (secondary N) is 1. The van der Waals surface area contributed by atoms with Gasteiger partial charge in [0.15, 0.2) is 6.10 Å². The highest BCUT2D eigenvalue weighted by Crippen LogP contribution is 2.35. The Morgan fingerprint density at radius 2 is 1.87 bits per heavy atom. The SMILES string of the molecule is Cc1ncc(CC(=O)NC2CCC(F)(CCN3CCc4ccc(OC(C)C(F)(F)F)nc4CC3)CC2)cn1. The van der Waals surface area contributed by atoms with Crippen LogP contribution in [0.15, 0.2) is 24.5 Å². The van der Waals surface area contributed by atoms with Gasteiger partial charge < -0.3 is 15.0 Å². The Labute approximate surface area is 220 Å². The van der Waals surface area contributed by atoms with Gasteiger partial charge in [0.2, 0.25) is 11.8 Å². The van der Waals surface area contributed by atoms with Gasteiger partial charge in [0.25, 0.3) is 0 Å². The van der Waals surface area contributed by atoms with Gasteiger partial charge in [-0.3, -0.25) is 4.79 Å². The quantitative estimate of drug-likeness (QED) is 0.506. The third-order valence-corrected chi connectivity index (χ3v) is 7.49. The molecule has 0 radical (unpaired) electrons. The van der Waals surface area contributed by atoms with Crippen molar-refractivity contribution in [2.75, 3.05) is 19.6 Å². The molecule has 38 heavy (non-hydrogen) atoms. The summed E-state index contributed by atoms with van der Waals surface area (Å²) in [6, 6.07) is 3.23. The number of rotatable bonds is 8. The molecule has 1 N–H and O–H groups in total. The summed E-state index contributed by atoms with van der Waals surface area (Å²) in [4.78, 5) is 27.1. The van der Waals surface area contributed by atoms with E-state index in [0.29, 0.717) is 63.9 Å². The van der Waals surface area contributed by atoms with Gasteiger partial charge in [-0.2, -0.15) is 13.2 Å². The molecule has 0 saturated heterocycles. The highest BCUT2D eigenvalue weighted by Gasteiger charge is 2.38. The van der Waals surface area contributed by atoms with Gasteiger partial charge in [0.05, 0.1) is 6.42 Å². The molecule has 7 nitrogen and oxygen atoms in total. The van der Waals surface area contributed by atoms with E-state index < -0.39 is 17.9 Å². The molecule has 11 heteroatoms. The number of fused-ring (bicyclic) bond motifs is 1. The fourth-order valence-electron chi connectivity index (χ4n) is 5.01. The number of halogens is 4. The van der Waals surface area contributed by atoms with E-state index in [1.54, 1.807) is 25.4 Å². The standard InChI is InChI=1S/C27H35F4N5O2/c1-18(27(29,30)31)38-25-4-3-21-7-12-36(13-8-23(21)35-25)14-11-26(28)9-5-22(6-10-26)34-24(37)15-20-16-32-19(2)33-17-20/h3-4,16-18,22H,5-15H2,1-2H3,(H,34,37). The number of carbonyl (C=O) groups is 1. The predicted octanol–water partition coefficient (Wildman–Crippen LogP) is 4.31. The summed E-state index contributed by atoms with van der Waals surface area (Å²) >= 11 is 0. The van der Waals surface area contributed by atoms with Crippen LogP contribution >= 0.6 is 0 Å². The minimum atomic E-state index is -4.45. The summed E-state index contributed by atoms with van der Waals surface area (Å²) in [5.74, 6) is 0.522.